The molecule has 0 spiro atoms. The standard InChI is InChI=1S/C32H44ClN3O5/c1-21(2)36(32(38)26-15-29(41-14-8-13-39-3)28(40-4)16-27(26)33)20-25-18-34-17-24(25)19-35-31(37)30(23-11-12-23)22-9-6-5-7-10-22/h5-7,9-10,15-16,21,23-25,30,34H,8,11-14,17-20H2,1-4H3,(H,35,37)/t24-,25+,30?/m1/s1. The van der Waals surface area contributed by atoms with Gasteiger partial charge in [0.25, 0.3) is 5.91 Å². The molecule has 2 aliphatic rings. The van der Waals surface area contributed by atoms with Gasteiger partial charge in [0.2, 0.25) is 5.91 Å². The van der Waals surface area contributed by atoms with Gasteiger partial charge in [-0.2, -0.15) is 0 Å². The zero-order valence-corrected chi connectivity index (χ0v) is 25.4. The highest BCUT2D eigenvalue weighted by atomic mass is 35.5. The predicted octanol–water partition coefficient (Wildman–Crippen LogP) is 4.76. The van der Waals surface area contributed by atoms with Crippen molar-refractivity contribution in [1.29, 1.82) is 0 Å². The molecule has 1 heterocycles. The van der Waals surface area contributed by atoms with Crippen molar-refractivity contribution in [3.05, 3.63) is 58.6 Å². The number of methoxy groups -OCH3 is 2. The van der Waals surface area contributed by atoms with Crippen molar-refractivity contribution in [2.24, 2.45) is 17.8 Å². The van der Waals surface area contributed by atoms with Crippen LogP contribution < -0.4 is 20.1 Å². The topological polar surface area (TPSA) is 89.1 Å². The number of nitrogens with one attached hydrogen (secondary N) is 2. The number of carbonyl (C=O) groups is 2. The zero-order valence-electron chi connectivity index (χ0n) is 24.7. The first-order valence-corrected chi connectivity index (χ1v) is 15.0. The number of rotatable bonds is 15. The number of hydrogen-bond donors (Lipinski definition) is 2. The molecule has 2 amide bonds. The molecule has 2 N–H and O–H groups in total. The maximum absolute atomic E-state index is 13.9. The van der Waals surface area contributed by atoms with Gasteiger partial charge in [0.05, 0.1) is 30.2 Å². The lowest BCUT2D eigenvalue weighted by Gasteiger charge is -2.32. The number of hydrogen-bond acceptors (Lipinski definition) is 6. The second-order valence-corrected chi connectivity index (χ2v) is 11.8. The molecule has 1 saturated carbocycles. The monoisotopic (exact) mass is 585 g/mol. The highest BCUT2D eigenvalue weighted by molar-refractivity contribution is 6.34. The van der Waals surface area contributed by atoms with E-state index in [1.807, 2.05) is 36.9 Å². The summed E-state index contributed by atoms with van der Waals surface area (Å²) in [6.07, 6.45) is 2.91. The number of halogens is 1. The molecule has 41 heavy (non-hydrogen) atoms. The van der Waals surface area contributed by atoms with Crippen molar-refractivity contribution in [1.82, 2.24) is 15.5 Å². The maximum Gasteiger partial charge on any atom is 0.255 e. The first kappa shape index (κ1) is 31.1. The molecular formula is C32H44ClN3O5. The largest absolute Gasteiger partial charge is 0.493 e. The summed E-state index contributed by atoms with van der Waals surface area (Å²) >= 11 is 6.59. The molecule has 0 aromatic heterocycles. The molecule has 1 saturated heterocycles. The molecular weight excluding hydrogens is 542 g/mol. The summed E-state index contributed by atoms with van der Waals surface area (Å²) in [6.45, 7) is 7.75. The fourth-order valence-corrected chi connectivity index (χ4v) is 5.84. The van der Waals surface area contributed by atoms with Crippen LogP contribution in [0.5, 0.6) is 11.5 Å². The van der Waals surface area contributed by atoms with Gasteiger partial charge in [-0.3, -0.25) is 9.59 Å². The Morgan fingerprint density at radius 3 is 2.44 bits per heavy atom. The van der Waals surface area contributed by atoms with Crippen LogP contribution in [-0.4, -0.2) is 76.4 Å². The third-order valence-electron chi connectivity index (χ3n) is 8.10. The van der Waals surface area contributed by atoms with Gasteiger partial charge in [-0.15, -0.1) is 0 Å². The van der Waals surface area contributed by atoms with Crippen LogP contribution in [0.3, 0.4) is 0 Å². The number of ether oxygens (including phenoxy) is 3. The van der Waals surface area contributed by atoms with E-state index in [0.29, 0.717) is 60.7 Å². The van der Waals surface area contributed by atoms with E-state index in [1.54, 1.807) is 26.4 Å². The molecule has 4 rings (SSSR count). The van der Waals surface area contributed by atoms with Crippen LogP contribution in [-0.2, 0) is 9.53 Å². The summed E-state index contributed by atoms with van der Waals surface area (Å²) in [6, 6.07) is 13.4. The first-order valence-electron chi connectivity index (χ1n) is 14.7. The highest BCUT2D eigenvalue weighted by Crippen LogP contribution is 2.42. The summed E-state index contributed by atoms with van der Waals surface area (Å²) in [4.78, 5) is 29.0. The Labute approximate surface area is 249 Å². The van der Waals surface area contributed by atoms with Gasteiger partial charge >= 0.3 is 0 Å². The number of nitrogens with zero attached hydrogens (tertiary/aromatic N) is 1. The average Bonchev–Trinajstić information content (AvgIpc) is 3.70. The van der Waals surface area contributed by atoms with Crippen LogP contribution in [0.15, 0.2) is 42.5 Å². The van der Waals surface area contributed by atoms with Gasteiger partial charge in [0, 0.05) is 58.4 Å². The van der Waals surface area contributed by atoms with Gasteiger partial charge < -0.3 is 29.7 Å². The summed E-state index contributed by atoms with van der Waals surface area (Å²) in [7, 11) is 3.20. The van der Waals surface area contributed by atoms with E-state index in [9.17, 15) is 9.59 Å². The smallest absolute Gasteiger partial charge is 0.255 e. The molecule has 0 bridgehead atoms. The zero-order chi connectivity index (χ0) is 29.4. The molecule has 0 radical (unpaired) electrons. The Hall–Kier alpha value is -2.81. The molecule has 3 atom stereocenters. The molecule has 2 aromatic carbocycles. The van der Waals surface area contributed by atoms with E-state index in [4.69, 9.17) is 25.8 Å². The highest BCUT2D eigenvalue weighted by Gasteiger charge is 2.38. The van der Waals surface area contributed by atoms with Crippen LogP contribution in [0.1, 0.15) is 54.9 Å². The molecule has 2 fully saturated rings. The van der Waals surface area contributed by atoms with Crippen molar-refractivity contribution in [2.75, 3.05) is 53.6 Å². The minimum atomic E-state index is -0.151. The van der Waals surface area contributed by atoms with Crippen molar-refractivity contribution in [3.63, 3.8) is 0 Å². The van der Waals surface area contributed by atoms with Crippen LogP contribution in [0.25, 0.3) is 0 Å². The Bertz CT molecular complexity index is 1160. The van der Waals surface area contributed by atoms with Crippen molar-refractivity contribution >= 4 is 23.4 Å². The predicted molar refractivity (Wildman–Crippen MR) is 161 cm³/mol. The normalized spacial score (nSPS) is 19.2. The Morgan fingerprint density at radius 2 is 1.78 bits per heavy atom. The van der Waals surface area contributed by atoms with E-state index in [-0.39, 0.29) is 35.6 Å². The maximum atomic E-state index is 13.9. The third-order valence-corrected chi connectivity index (χ3v) is 8.41. The molecule has 8 nitrogen and oxygen atoms in total. The second-order valence-electron chi connectivity index (χ2n) is 11.4. The second kappa shape index (κ2) is 14.9. The van der Waals surface area contributed by atoms with Gasteiger partial charge in [0.15, 0.2) is 11.5 Å². The lowest BCUT2D eigenvalue weighted by Crippen LogP contribution is -2.44. The molecule has 1 unspecified atom stereocenters. The van der Waals surface area contributed by atoms with Crippen LogP contribution in [0.4, 0.5) is 0 Å². The van der Waals surface area contributed by atoms with Gasteiger partial charge in [-0.1, -0.05) is 41.9 Å². The fourth-order valence-electron chi connectivity index (χ4n) is 5.60. The van der Waals surface area contributed by atoms with Crippen LogP contribution >= 0.6 is 11.6 Å². The average molecular weight is 586 g/mol. The Kier molecular flexibility index (Phi) is 11.3. The molecule has 1 aliphatic carbocycles. The van der Waals surface area contributed by atoms with Crippen molar-refractivity contribution < 1.29 is 23.8 Å². The van der Waals surface area contributed by atoms with Crippen LogP contribution in [0.2, 0.25) is 5.02 Å². The summed E-state index contributed by atoms with van der Waals surface area (Å²) < 4.78 is 16.5. The molecule has 2 aromatic rings. The van der Waals surface area contributed by atoms with E-state index >= 15 is 0 Å². The Balaban J connectivity index is 1.42. The SMILES string of the molecule is COCCCOc1cc(C(=O)N(C[C@@H]2CNC[C@@H]2CNC(=O)C(c2ccccc2)C2CC2)C(C)C)c(Cl)cc1OC. The minimum Gasteiger partial charge on any atom is -0.493 e. The van der Waals surface area contributed by atoms with E-state index in [2.05, 4.69) is 22.8 Å². The lowest BCUT2D eigenvalue weighted by atomic mass is 9.91. The molecule has 1 aliphatic heterocycles. The summed E-state index contributed by atoms with van der Waals surface area (Å²) in [5, 5.41) is 7.05. The van der Waals surface area contributed by atoms with E-state index < -0.39 is 0 Å². The third kappa shape index (κ3) is 8.15. The van der Waals surface area contributed by atoms with Crippen molar-refractivity contribution in [2.45, 2.75) is 45.1 Å². The van der Waals surface area contributed by atoms with Gasteiger partial charge in [-0.05, 0) is 56.1 Å². The first-order chi connectivity index (χ1) is 19.8. The van der Waals surface area contributed by atoms with E-state index in [1.165, 1.54) is 0 Å². The number of carbonyl (C=O) groups excluding carboxylic acids is 2. The minimum absolute atomic E-state index is 0.0418. The molecule has 9 heteroatoms. The lowest BCUT2D eigenvalue weighted by molar-refractivity contribution is -0.123. The summed E-state index contributed by atoms with van der Waals surface area (Å²) in [5.74, 6) is 1.65. The number of benzene rings is 2. The fraction of sp³-hybridized carbons (Fsp3) is 0.562. The quantitative estimate of drug-likeness (QED) is 0.293. The molecule has 224 valence electrons. The van der Waals surface area contributed by atoms with Gasteiger partial charge in [-0.25, -0.2) is 0 Å². The van der Waals surface area contributed by atoms with E-state index in [0.717, 1.165) is 31.5 Å². The Morgan fingerprint density at radius 1 is 1.05 bits per heavy atom. The summed E-state index contributed by atoms with van der Waals surface area (Å²) in [5.41, 5.74) is 1.47. The van der Waals surface area contributed by atoms with Crippen molar-refractivity contribution in [3.8, 4) is 11.5 Å². The van der Waals surface area contributed by atoms with Gasteiger partial charge in [0.1, 0.15) is 0 Å². The number of amides is 2. The van der Waals surface area contributed by atoms with Crippen LogP contribution in [0, 0.1) is 17.8 Å².